The summed E-state index contributed by atoms with van der Waals surface area (Å²) in [6.07, 6.45) is 0. The molecular formula is C13H15ClO5. The highest BCUT2D eigenvalue weighted by Crippen LogP contribution is 2.59. The summed E-state index contributed by atoms with van der Waals surface area (Å²) in [5.74, 6) is 0.515. The van der Waals surface area contributed by atoms with Crippen molar-refractivity contribution in [3.05, 3.63) is 23.8 Å². The van der Waals surface area contributed by atoms with Gasteiger partial charge in [0.25, 0.3) is 5.06 Å². The van der Waals surface area contributed by atoms with Crippen molar-refractivity contribution in [1.82, 2.24) is 0 Å². The molecule has 5 nitrogen and oxygen atoms in total. The van der Waals surface area contributed by atoms with E-state index in [1.54, 1.807) is 32.2 Å². The molecule has 0 aliphatic carbocycles. The van der Waals surface area contributed by atoms with Crippen molar-refractivity contribution >= 4 is 17.6 Å². The Morgan fingerprint density at radius 1 is 1.21 bits per heavy atom. The molecule has 0 bridgehead atoms. The van der Waals surface area contributed by atoms with Crippen molar-refractivity contribution in [2.45, 2.75) is 17.6 Å². The number of halogens is 1. The second kappa shape index (κ2) is 4.58. The van der Waals surface area contributed by atoms with Crippen LogP contribution in [0, 0.1) is 0 Å². The van der Waals surface area contributed by atoms with E-state index in [2.05, 4.69) is 4.74 Å². The molecule has 104 valence electrons. The van der Waals surface area contributed by atoms with Gasteiger partial charge < -0.3 is 18.9 Å². The summed E-state index contributed by atoms with van der Waals surface area (Å²) in [6, 6.07) is 5.23. The molecular weight excluding hydrogens is 272 g/mol. The Kier molecular flexibility index (Phi) is 3.36. The number of esters is 1. The highest BCUT2D eigenvalue weighted by atomic mass is 35.5. The first kappa shape index (κ1) is 14.0. The van der Waals surface area contributed by atoms with Crippen LogP contribution < -0.4 is 9.47 Å². The highest BCUT2D eigenvalue weighted by Gasteiger charge is 2.73. The number of methoxy groups -OCH3 is 3. The standard InChI is InChI=1S/C13H15ClO5/c1-12(13(14,19-12)11(15)18-4)8-5-6-9(16-2)10(7-8)17-3/h5-7H,1-4H3. The van der Waals surface area contributed by atoms with Crippen molar-refractivity contribution in [3.63, 3.8) is 0 Å². The molecule has 2 atom stereocenters. The van der Waals surface area contributed by atoms with Crippen LogP contribution >= 0.6 is 11.6 Å². The second-order valence-electron chi connectivity index (χ2n) is 4.29. The van der Waals surface area contributed by atoms with Crippen molar-refractivity contribution in [1.29, 1.82) is 0 Å². The van der Waals surface area contributed by atoms with Crippen LogP contribution in [-0.2, 0) is 19.9 Å². The Balaban J connectivity index is 2.37. The minimum Gasteiger partial charge on any atom is -0.493 e. The smallest absolute Gasteiger partial charge is 0.357 e. The van der Waals surface area contributed by atoms with Gasteiger partial charge in [-0.3, -0.25) is 0 Å². The number of ether oxygens (including phenoxy) is 4. The van der Waals surface area contributed by atoms with Gasteiger partial charge in [-0.2, -0.15) is 0 Å². The molecule has 6 heteroatoms. The number of hydrogen-bond acceptors (Lipinski definition) is 5. The van der Waals surface area contributed by atoms with Crippen LogP contribution in [0.4, 0.5) is 0 Å². The molecule has 0 radical (unpaired) electrons. The summed E-state index contributed by atoms with van der Waals surface area (Å²) in [6.45, 7) is 1.72. The number of carbonyl (C=O) groups is 1. The Morgan fingerprint density at radius 3 is 2.37 bits per heavy atom. The molecule has 2 rings (SSSR count). The van der Waals surface area contributed by atoms with Crippen LogP contribution in [0.1, 0.15) is 12.5 Å². The molecule has 1 aromatic rings. The minimum absolute atomic E-state index is 0.542. The number of epoxide rings is 1. The van der Waals surface area contributed by atoms with Crippen molar-refractivity contribution in [3.8, 4) is 11.5 Å². The molecule has 0 aromatic heterocycles. The zero-order valence-corrected chi connectivity index (χ0v) is 11.9. The average Bonchev–Trinajstić information content (AvgIpc) is 3.02. The summed E-state index contributed by atoms with van der Waals surface area (Å²) in [7, 11) is 4.35. The molecule has 1 aliphatic rings. The third kappa shape index (κ3) is 1.93. The SMILES string of the molecule is COC(=O)C1(Cl)OC1(C)c1ccc(OC)c(OC)c1. The van der Waals surface area contributed by atoms with Crippen molar-refractivity contribution in [2.75, 3.05) is 21.3 Å². The molecule has 19 heavy (non-hydrogen) atoms. The summed E-state index contributed by atoms with van der Waals surface area (Å²) < 4.78 is 20.4. The number of rotatable bonds is 4. The van der Waals surface area contributed by atoms with Crippen LogP contribution in [0.25, 0.3) is 0 Å². The Morgan fingerprint density at radius 2 is 1.84 bits per heavy atom. The topological polar surface area (TPSA) is 57.3 Å². The van der Waals surface area contributed by atoms with E-state index >= 15 is 0 Å². The zero-order valence-electron chi connectivity index (χ0n) is 11.2. The summed E-state index contributed by atoms with van der Waals surface area (Å²) in [5, 5.41) is -1.48. The third-order valence-corrected chi connectivity index (χ3v) is 3.89. The van der Waals surface area contributed by atoms with Gasteiger partial charge >= 0.3 is 5.97 Å². The van der Waals surface area contributed by atoms with Crippen molar-refractivity contribution < 1.29 is 23.7 Å². The lowest BCUT2D eigenvalue weighted by atomic mass is 9.96. The number of alkyl halides is 1. The fraction of sp³-hybridized carbons (Fsp3) is 0.462. The van der Waals surface area contributed by atoms with Gasteiger partial charge in [0.15, 0.2) is 11.5 Å². The zero-order chi connectivity index (χ0) is 14.3. The molecule has 1 fully saturated rings. The van der Waals surface area contributed by atoms with E-state index in [0.29, 0.717) is 17.1 Å². The molecule has 2 unspecified atom stereocenters. The number of benzene rings is 1. The largest absolute Gasteiger partial charge is 0.493 e. The minimum atomic E-state index is -1.48. The van der Waals surface area contributed by atoms with Gasteiger partial charge in [0.1, 0.15) is 5.60 Å². The quantitative estimate of drug-likeness (QED) is 0.482. The fourth-order valence-electron chi connectivity index (χ4n) is 2.00. The Hall–Kier alpha value is -1.46. The van der Waals surface area contributed by atoms with Crippen LogP contribution in [0.2, 0.25) is 0 Å². The predicted octanol–water partition coefficient (Wildman–Crippen LogP) is 2.06. The van der Waals surface area contributed by atoms with Gasteiger partial charge in [-0.1, -0.05) is 17.7 Å². The maximum Gasteiger partial charge on any atom is 0.357 e. The second-order valence-corrected chi connectivity index (χ2v) is 4.82. The lowest BCUT2D eigenvalue weighted by Gasteiger charge is -2.13. The van der Waals surface area contributed by atoms with E-state index in [0.717, 1.165) is 0 Å². The maximum absolute atomic E-state index is 11.6. The van der Waals surface area contributed by atoms with Crippen LogP contribution in [0.3, 0.4) is 0 Å². The summed E-state index contributed by atoms with van der Waals surface area (Å²) in [4.78, 5) is 11.6. The number of carbonyl (C=O) groups excluding carboxylic acids is 1. The first-order valence-electron chi connectivity index (χ1n) is 5.63. The highest BCUT2D eigenvalue weighted by molar-refractivity contribution is 6.35. The molecule has 0 amide bonds. The monoisotopic (exact) mass is 286 g/mol. The van der Waals surface area contributed by atoms with Gasteiger partial charge in [-0.25, -0.2) is 4.79 Å². The molecule has 1 heterocycles. The predicted molar refractivity (Wildman–Crippen MR) is 68.6 cm³/mol. The summed E-state index contributed by atoms with van der Waals surface area (Å²) >= 11 is 6.14. The van der Waals surface area contributed by atoms with Gasteiger partial charge in [-0.15, -0.1) is 0 Å². The Labute approximate surface area is 116 Å². The fourth-order valence-corrected chi connectivity index (χ4v) is 2.34. The van der Waals surface area contributed by atoms with E-state index in [9.17, 15) is 4.79 Å². The molecule has 0 saturated carbocycles. The van der Waals surface area contributed by atoms with E-state index in [1.165, 1.54) is 14.2 Å². The molecule has 0 N–H and O–H groups in total. The lowest BCUT2D eigenvalue weighted by molar-refractivity contribution is -0.143. The first-order chi connectivity index (χ1) is 8.92. The van der Waals surface area contributed by atoms with Crippen LogP contribution in [0.5, 0.6) is 11.5 Å². The molecule has 1 aliphatic heterocycles. The van der Waals surface area contributed by atoms with Crippen LogP contribution in [0.15, 0.2) is 18.2 Å². The van der Waals surface area contributed by atoms with Gasteiger partial charge in [0, 0.05) is 0 Å². The van der Waals surface area contributed by atoms with Gasteiger partial charge in [0.2, 0.25) is 0 Å². The lowest BCUT2D eigenvalue weighted by Crippen LogP contribution is -2.26. The normalized spacial score (nSPS) is 28.7. The third-order valence-electron chi connectivity index (χ3n) is 3.30. The van der Waals surface area contributed by atoms with E-state index < -0.39 is 16.6 Å². The molecule has 0 spiro atoms. The maximum atomic E-state index is 11.6. The van der Waals surface area contributed by atoms with E-state index in [1.807, 2.05) is 0 Å². The summed E-state index contributed by atoms with van der Waals surface area (Å²) in [5.41, 5.74) is -0.230. The van der Waals surface area contributed by atoms with Crippen LogP contribution in [-0.4, -0.2) is 32.4 Å². The van der Waals surface area contributed by atoms with E-state index in [-0.39, 0.29) is 0 Å². The van der Waals surface area contributed by atoms with Gasteiger partial charge in [-0.05, 0) is 24.6 Å². The number of hydrogen-bond donors (Lipinski definition) is 0. The first-order valence-corrected chi connectivity index (χ1v) is 6.00. The average molecular weight is 287 g/mol. The molecule has 1 aromatic carbocycles. The van der Waals surface area contributed by atoms with Gasteiger partial charge in [0.05, 0.1) is 21.3 Å². The van der Waals surface area contributed by atoms with Crippen molar-refractivity contribution in [2.24, 2.45) is 0 Å². The van der Waals surface area contributed by atoms with E-state index in [4.69, 9.17) is 25.8 Å². The Bertz CT molecular complexity index is 518. The molecule has 1 saturated heterocycles.